The predicted molar refractivity (Wildman–Crippen MR) is 139 cm³/mol. The molecule has 0 radical (unpaired) electrons. The average Bonchev–Trinajstić information content (AvgIpc) is 3.14. The topological polar surface area (TPSA) is 120 Å². The number of aromatic nitrogens is 3. The van der Waals surface area contributed by atoms with Crippen LogP contribution in [-0.4, -0.2) is 32.0 Å². The normalized spacial score (nSPS) is 11.5. The Bertz CT molecular complexity index is 1450. The fraction of sp³-hybridized carbons (Fsp3) is 0.321. The van der Waals surface area contributed by atoms with Crippen LogP contribution in [0.2, 0.25) is 0 Å². The van der Waals surface area contributed by atoms with E-state index in [0.717, 1.165) is 38.3 Å². The maximum absolute atomic E-state index is 11.6. The van der Waals surface area contributed by atoms with Gasteiger partial charge in [0.25, 0.3) is 0 Å². The first-order valence-corrected chi connectivity index (χ1v) is 12.0. The fourth-order valence-corrected chi connectivity index (χ4v) is 3.97. The molecule has 0 fully saturated rings. The minimum absolute atomic E-state index is 0.149. The van der Waals surface area contributed by atoms with Crippen molar-refractivity contribution in [2.75, 3.05) is 6.61 Å². The summed E-state index contributed by atoms with van der Waals surface area (Å²) in [6.07, 6.45) is 0.518. The van der Waals surface area contributed by atoms with E-state index >= 15 is 0 Å². The number of H-pyrrole nitrogens is 1. The summed E-state index contributed by atoms with van der Waals surface area (Å²) < 4.78 is 17.5. The Balaban J connectivity index is 1.41. The van der Waals surface area contributed by atoms with Crippen molar-refractivity contribution in [1.29, 1.82) is 0 Å². The Morgan fingerprint density at radius 3 is 2.43 bits per heavy atom. The van der Waals surface area contributed by atoms with Crippen LogP contribution in [0.3, 0.4) is 0 Å². The number of aryl methyl sites for hydroxylation is 2. The molecule has 2 aromatic carbocycles. The van der Waals surface area contributed by atoms with Crippen molar-refractivity contribution < 1.29 is 19.1 Å². The van der Waals surface area contributed by atoms with E-state index in [0.29, 0.717) is 31.3 Å². The molecule has 0 saturated carbocycles. The smallest absolute Gasteiger partial charge is 0.440 e. The van der Waals surface area contributed by atoms with Crippen LogP contribution in [0.5, 0.6) is 11.6 Å². The van der Waals surface area contributed by atoms with Crippen molar-refractivity contribution in [1.82, 2.24) is 14.7 Å². The maximum atomic E-state index is 11.6. The van der Waals surface area contributed by atoms with Gasteiger partial charge in [0.05, 0.1) is 18.8 Å². The second-order valence-corrected chi connectivity index (χ2v) is 9.63. The van der Waals surface area contributed by atoms with Gasteiger partial charge < -0.3 is 19.1 Å². The van der Waals surface area contributed by atoms with Crippen molar-refractivity contribution in [3.63, 3.8) is 0 Å². The van der Waals surface area contributed by atoms with Gasteiger partial charge >= 0.3 is 11.4 Å². The van der Waals surface area contributed by atoms with Crippen LogP contribution in [0, 0.1) is 13.8 Å². The zero-order valence-electron chi connectivity index (χ0n) is 21.4. The molecule has 2 heterocycles. The Kier molecular flexibility index (Phi) is 7.63. The second kappa shape index (κ2) is 10.9. The third-order valence-electron chi connectivity index (χ3n) is 5.84. The van der Waals surface area contributed by atoms with Crippen LogP contribution in [0.15, 0.2) is 68.7 Å². The summed E-state index contributed by atoms with van der Waals surface area (Å²) in [4.78, 5) is 29.4. The number of ether oxygens (including phenoxy) is 2. The molecule has 2 aromatic heterocycles. The summed E-state index contributed by atoms with van der Waals surface area (Å²) in [7, 11) is 0. The van der Waals surface area contributed by atoms with E-state index in [1.165, 1.54) is 0 Å². The van der Waals surface area contributed by atoms with E-state index in [9.17, 15) is 14.7 Å². The SMILES string of the molecule is Cc1cc(OCCC(C)(C)O)nc(C)c1-c1cccc(COc2ccc(Cn3oc(=O)[nH]c3=O)cc2)c1. The molecule has 0 unspecified atom stereocenters. The number of aliphatic hydroxyl groups is 1. The Labute approximate surface area is 214 Å². The van der Waals surface area contributed by atoms with Crippen LogP contribution in [-0.2, 0) is 13.2 Å². The molecule has 9 heteroatoms. The predicted octanol–water partition coefficient (Wildman–Crippen LogP) is 3.98. The summed E-state index contributed by atoms with van der Waals surface area (Å²) in [5, 5.41) is 9.88. The Morgan fingerprint density at radius 2 is 1.78 bits per heavy atom. The van der Waals surface area contributed by atoms with Crippen LogP contribution < -0.4 is 20.9 Å². The Morgan fingerprint density at radius 1 is 1.03 bits per heavy atom. The van der Waals surface area contributed by atoms with Gasteiger partial charge in [0, 0.05) is 23.7 Å². The van der Waals surface area contributed by atoms with Crippen LogP contribution in [0.4, 0.5) is 0 Å². The highest BCUT2D eigenvalue weighted by Gasteiger charge is 2.14. The molecule has 37 heavy (non-hydrogen) atoms. The number of hydrogen-bond acceptors (Lipinski definition) is 7. The van der Waals surface area contributed by atoms with E-state index in [-0.39, 0.29) is 6.54 Å². The van der Waals surface area contributed by atoms with Gasteiger partial charge in [-0.15, -0.1) is 4.74 Å². The summed E-state index contributed by atoms with van der Waals surface area (Å²) in [6, 6.07) is 17.3. The molecule has 0 amide bonds. The van der Waals surface area contributed by atoms with Crippen LogP contribution in [0.25, 0.3) is 11.1 Å². The number of nitrogens with one attached hydrogen (secondary N) is 1. The standard InChI is InChI=1S/C28H31N3O6/c1-18-14-24(35-13-12-28(3,4)34)29-19(2)25(18)22-7-5-6-21(15-22)17-36-23-10-8-20(9-11-23)16-31-26(32)30-27(33)37-31/h5-11,14-15,34H,12-13,16-17H2,1-4H3,(H,30,32,33). The molecule has 0 bridgehead atoms. The monoisotopic (exact) mass is 505 g/mol. The lowest BCUT2D eigenvalue weighted by Gasteiger charge is -2.18. The molecule has 9 nitrogen and oxygen atoms in total. The number of nitrogens with zero attached hydrogens (tertiary/aromatic N) is 2. The highest BCUT2D eigenvalue weighted by atomic mass is 16.5. The molecular formula is C28H31N3O6. The molecule has 0 aliphatic heterocycles. The largest absolute Gasteiger partial charge is 0.489 e. The third-order valence-corrected chi connectivity index (χ3v) is 5.84. The fourth-order valence-electron chi connectivity index (χ4n) is 3.97. The molecule has 4 rings (SSSR count). The Hall–Kier alpha value is -4.11. The highest BCUT2D eigenvalue weighted by Crippen LogP contribution is 2.30. The average molecular weight is 506 g/mol. The molecule has 194 valence electrons. The van der Waals surface area contributed by atoms with E-state index in [4.69, 9.17) is 14.0 Å². The lowest BCUT2D eigenvalue weighted by atomic mass is 9.98. The van der Waals surface area contributed by atoms with Crippen LogP contribution >= 0.6 is 0 Å². The summed E-state index contributed by atoms with van der Waals surface area (Å²) in [6.45, 7) is 8.42. The number of rotatable bonds is 10. The second-order valence-electron chi connectivity index (χ2n) is 9.63. The van der Waals surface area contributed by atoms with Crippen LogP contribution in [0.1, 0.15) is 42.7 Å². The van der Waals surface area contributed by atoms with Crippen molar-refractivity contribution >= 4 is 0 Å². The van der Waals surface area contributed by atoms with E-state index in [1.807, 2.05) is 62.4 Å². The lowest BCUT2D eigenvalue weighted by molar-refractivity contribution is 0.0547. The number of pyridine rings is 1. The highest BCUT2D eigenvalue weighted by molar-refractivity contribution is 5.70. The molecule has 0 aliphatic rings. The van der Waals surface area contributed by atoms with Gasteiger partial charge in [0.1, 0.15) is 12.4 Å². The van der Waals surface area contributed by atoms with Gasteiger partial charge in [-0.25, -0.2) is 19.6 Å². The van der Waals surface area contributed by atoms with E-state index in [1.54, 1.807) is 13.8 Å². The minimum Gasteiger partial charge on any atom is -0.489 e. The third kappa shape index (κ3) is 6.98. The van der Waals surface area contributed by atoms with Gasteiger partial charge in [-0.2, -0.15) is 0 Å². The van der Waals surface area contributed by atoms with Crippen molar-refractivity contribution in [3.05, 3.63) is 98.0 Å². The summed E-state index contributed by atoms with van der Waals surface area (Å²) in [5.74, 6) is 0.452. The molecule has 0 aliphatic carbocycles. The first kappa shape index (κ1) is 26.0. The van der Waals surface area contributed by atoms with Gasteiger partial charge in [-0.1, -0.05) is 30.3 Å². The minimum atomic E-state index is -0.781. The molecule has 0 spiro atoms. The molecule has 0 atom stereocenters. The zero-order valence-corrected chi connectivity index (χ0v) is 21.4. The lowest BCUT2D eigenvalue weighted by Crippen LogP contribution is -2.22. The van der Waals surface area contributed by atoms with Gasteiger partial charge in [0.2, 0.25) is 5.88 Å². The summed E-state index contributed by atoms with van der Waals surface area (Å²) >= 11 is 0. The van der Waals surface area contributed by atoms with E-state index in [2.05, 4.69) is 16.0 Å². The number of benzene rings is 2. The van der Waals surface area contributed by atoms with Gasteiger partial charge in [0.15, 0.2) is 0 Å². The van der Waals surface area contributed by atoms with Crippen molar-refractivity contribution in [3.8, 4) is 22.8 Å². The van der Waals surface area contributed by atoms with Gasteiger partial charge in [-0.3, -0.25) is 0 Å². The van der Waals surface area contributed by atoms with E-state index < -0.39 is 17.0 Å². The summed E-state index contributed by atoms with van der Waals surface area (Å²) in [5.41, 5.74) is 4.45. The van der Waals surface area contributed by atoms with Crippen molar-refractivity contribution in [2.24, 2.45) is 0 Å². The number of aromatic amines is 1. The quantitative estimate of drug-likeness (QED) is 0.335. The molecule has 2 N–H and O–H groups in total. The maximum Gasteiger partial charge on any atom is 0.440 e. The van der Waals surface area contributed by atoms with Crippen molar-refractivity contribution in [2.45, 2.75) is 52.9 Å². The zero-order chi connectivity index (χ0) is 26.6. The first-order valence-electron chi connectivity index (χ1n) is 12.0. The molecule has 4 aromatic rings. The molecule has 0 saturated heterocycles. The number of hydrogen-bond donors (Lipinski definition) is 2. The first-order chi connectivity index (χ1) is 17.6. The van der Waals surface area contributed by atoms with Gasteiger partial charge in [-0.05, 0) is 68.1 Å². The molecular weight excluding hydrogens is 474 g/mol.